The minimum Gasteiger partial charge on any atom is -0.481 e. The Labute approximate surface area is 127 Å². The van der Waals surface area contributed by atoms with E-state index in [4.69, 9.17) is 0 Å². The Morgan fingerprint density at radius 1 is 1.14 bits per heavy atom. The van der Waals surface area contributed by atoms with Crippen molar-refractivity contribution >= 4 is 11.9 Å². The molecule has 1 saturated carbocycles. The number of aliphatic carboxylic acids is 1. The Morgan fingerprint density at radius 3 is 2.19 bits per heavy atom. The molecule has 1 saturated heterocycles. The molecule has 2 fully saturated rings. The summed E-state index contributed by atoms with van der Waals surface area (Å²) in [5.41, 5.74) is 0.352. The van der Waals surface area contributed by atoms with Gasteiger partial charge in [-0.3, -0.25) is 9.59 Å². The van der Waals surface area contributed by atoms with Gasteiger partial charge in [-0.05, 0) is 37.0 Å². The quantitative estimate of drug-likeness (QED) is 0.866. The van der Waals surface area contributed by atoms with Gasteiger partial charge in [-0.25, -0.2) is 0 Å². The SMILES string of the molecule is CCC1C[C@H](C(=O)N2CCC(C)(CC)CC2)[C@H](C(=O)O)C1. The molecule has 0 aromatic carbocycles. The third kappa shape index (κ3) is 3.41. The lowest BCUT2D eigenvalue weighted by Crippen LogP contribution is -2.45. The summed E-state index contributed by atoms with van der Waals surface area (Å²) in [5, 5.41) is 9.39. The van der Waals surface area contributed by atoms with Gasteiger partial charge in [0.1, 0.15) is 0 Å². The molecule has 4 heteroatoms. The van der Waals surface area contributed by atoms with Crippen LogP contribution in [0.4, 0.5) is 0 Å². The first kappa shape index (κ1) is 16.3. The maximum absolute atomic E-state index is 12.7. The summed E-state index contributed by atoms with van der Waals surface area (Å²) >= 11 is 0. The van der Waals surface area contributed by atoms with Crippen LogP contribution in [0.3, 0.4) is 0 Å². The third-order valence-electron chi connectivity index (χ3n) is 6.01. The molecule has 4 nitrogen and oxygen atoms in total. The summed E-state index contributed by atoms with van der Waals surface area (Å²) in [7, 11) is 0. The maximum atomic E-state index is 12.7. The highest BCUT2D eigenvalue weighted by molar-refractivity contribution is 5.85. The van der Waals surface area contributed by atoms with Crippen LogP contribution in [0, 0.1) is 23.2 Å². The number of carbonyl (C=O) groups excluding carboxylic acids is 1. The molecular formula is C17H29NO3. The predicted octanol–water partition coefficient (Wildman–Crippen LogP) is 3.16. The number of amides is 1. The van der Waals surface area contributed by atoms with E-state index >= 15 is 0 Å². The molecule has 3 atom stereocenters. The molecule has 1 amide bonds. The van der Waals surface area contributed by atoms with Gasteiger partial charge in [0.2, 0.25) is 5.91 Å². The van der Waals surface area contributed by atoms with Crippen LogP contribution in [0.2, 0.25) is 0 Å². The highest BCUT2D eigenvalue weighted by Gasteiger charge is 2.44. The first-order valence-corrected chi connectivity index (χ1v) is 8.41. The van der Waals surface area contributed by atoms with Crippen molar-refractivity contribution in [3.63, 3.8) is 0 Å². The van der Waals surface area contributed by atoms with Crippen LogP contribution in [0.5, 0.6) is 0 Å². The first-order chi connectivity index (χ1) is 9.90. The standard InChI is InChI=1S/C17H29NO3/c1-4-12-10-13(14(11-12)16(20)21)15(19)18-8-6-17(3,5-2)7-9-18/h12-14H,4-11H2,1-3H3,(H,20,21)/t12?,13-,14+/m0/s1. The number of hydrogen-bond acceptors (Lipinski definition) is 2. The highest BCUT2D eigenvalue weighted by Crippen LogP contribution is 2.41. The van der Waals surface area contributed by atoms with E-state index in [0.717, 1.165) is 45.2 Å². The number of nitrogens with zero attached hydrogens (tertiary/aromatic N) is 1. The molecule has 1 heterocycles. The van der Waals surface area contributed by atoms with Crippen molar-refractivity contribution in [1.82, 2.24) is 4.90 Å². The number of rotatable bonds is 4. The van der Waals surface area contributed by atoms with Crippen LogP contribution >= 0.6 is 0 Å². The van der Waals surface area contributed by atoms with Gasteiger partial charge >= 0.3 is 5.97 Å². The zero-order valence-corrected chi connectivity index (χ0v) is 13.6. The second-order valence-electron chi connectivity index (χ2n) is 7.29. The lowest BCUT2D eigenvalue weighted by atomic mass is 9.78. The van der Waals surface area contributed by atoms with Gasteiger partial charge in [0, 0.05) is 13.1 Å². The number of hydrogen-bond donors (Lipinski definition) is 1. The number of carboxylic acids is 1. The van der Waals surface area contributed by atoms with Crippen LogP contribution in [-0.4, -0.2) is 35.0 Å². The molecule has 21 heavy (non-hydrogen) atoms. The fraction of sp³-hybridized carbons (Fsp3) is 0.882. The van der Waals surface area contributed by atoms with Gasteiger partial charge in [-0.1, -0.05) is 33.6 Å². The average Bonchev–Trinajstić information content (AvgIpc) is 2.92. The van der Waals surface area contributed by atoms with Crippen LogP contribution in [0.1, 0.15) is 59.3 Å². The topological polar surface area (TPSA) is 57.6 Å². The van der Waals surface area contributed by atoms with E-state index in [1.165, 1.54) is 0 Å². The van der Waals surface area contributed by atoms with E-state index in [1.54, 1.807) is 0 Å². The van der Waals surface area contributed by atoms with Crippen molar-refractivity contribution in [3.8, 4) is 0 Å². The largest absolute Gasteiger partial charge is 0.481 e. The molecule has 0 aromatic heterocycles. The van der Waals surface area contributed by atoms with Crippen molar-refractivity contribution in [2.24, 2.45) is 23.2 Å². The Balaban J connectivity index is 2.01. The van der Waals surface area contributed by atoms with Gasteiger partial charge in [0.15, 0.2) is 0 Å². The Bertz CT molecular complexity index is 399. The van der Waals surface area contributed by atoms with Crippen LogP contribution < -0.4 is 0 Å². The predicted molar refractivity (Wildman–Crippen MR) is 81.8 cm³/mol. The van der Waals surface area contributed by atoms with Crippen molar-refractivity contribution in [2.75, 3.05) is 13.1 Å². The molecular weight excluding hydrogens is 266 g/mol. The van der Waals surface area contributed by atoms with E-state index in [-0.39, 0.29) is 11.8 Å². The van der Waals surface area contributed by atoms with Crippen molar-refractivity contribution in [3.05, 3.63) is 0 Å². The Hall–Kier alpha value is -1.06. The summed E-state index contributed by atoms with van der Waals surface area (Å²) in [5.74, 6) is -1.07. The molecule has 1 aliphatic carbocycles. The van der Waals surface area contributed by atoms with Gasteiger partial charge in [0.25, 0.3) is 0 Å². The zero-order valence-electron chi connectivity index (χ0n) is 13.6. The monoisotopic (exact) mass is 295 g/mol. The molecule has 2 aliphatic rings. The summed E-state index contributed by atoms with van der Waals surface area (Å²) in [6.45, 7) is 8.17. The van der Waals surface area contributed by atoms with E-state index < -0.39 is 11.9 Å². The molecule has 120 valence electrons. The van der Waals surface area contributed by atoms with Gasteiger partial charge < -0.3 is 10.0 Å². The summed E-state index contributed by atoms with van der Waals surface area (Å²) in [6, 6.07) is 0. The number of likely N-dealkylation sites (tertiary alicyclic amines) is 1. The van der Waals surface area contributed by atoms with E-state index in [0.29, 0.717) is 17.8 Å². The number of carbonyl (C=O) groups is 2. The molecule has 0 spiro atoms. The second-order valence-corrected chi connectivity index (χ2v) is 7.29. The Morgan fingerprint density at radius 2 is 1.71 bits per heavy atom. The smallest absolute Gasteiger partial charge is 0.307 e. The molecule has 1 N–H and O–H groups in total. The lowest BCUT2D eigenvalue weighted by molar-refractivity contribution is -0.150. The van der Waals surface area contributed by atoms with E-state index in [9.17, 15) is 14.7 Å². The highest BCUT2D eigenvalue weighted by atomic mass is 16.4. The van der Waals surface area contributed by atoms with Crippen LogP contribution in [0.25, 0.3) is 0 Å². The van der Waals surface area contributed by atoms with Crippen molar-refractivity contribution in [2.45, 2.75) is 59.3 Å². The van der Waals surface area contributed by atoms with Crippen LogP contribution in [-0.2, 0) is 9.59 Å². The number of piperidine rings is 1. The number of carboxylic acid groups (broad SMARTS) is 1. The molecule has 0 radical (unpaired) electrons. The minimum atomic E-state index is -0.792. The second kappa shape index (κ2) is 6.37. The fourth-order valence-electron chi connectivity index (χ4n) is 3.88. The van der Waals surface area contributed by atoms with Gasteiger partial charge in [0.05, 0.1) is 11.8 Å². The molecule has 0 aromatic rings. The van der Waals surface area contributed by atoms with Gasteiger partial charge in [-0.2, -0.15) is 0 Å². The maximum Gasteiger partial charge on any atom is 0.307 e. The molecule has 0 bridgehead atoms. The molecule has 2 rings (SSSR count). The molecule has 1 aliphatic heterocycles. The first-order valence-electron chi connectivity index (χ1n) is 8.41. The van der Waals surface area contributed by atoms with E-state index in [1.807, 2.05) is 4.90 Å². The van der Waals surface area contributed by atoms with Crippen molar-refractivity contribution < 1.29 is 14.7 Å². The van der Waals surface area contributed by atoms with Crippen LogP contribution in [0.15, 0.2) is 0 Å². The van der Waals surface area contributed by atoms with E-state index in [2.05, 4.69) is 20.8 Å². The van der Waals surface area contributed by atoms with Gasteiger partial charge in [-0.15, -0.1) is 0 Å². The third-order valence-corrected chi connectivity index (χ3v) is 6.01. The fourth-order valence-corrected chi connectivity index (χ4v) is 3.88. The summed E-state index contributed by atoms with van der Waals surface area (Å²) < 4.78 is 0. The summed E-state index contributed by atoms with van der Waals surface area (Å²) in [6.07, 6.45) is 5.62. The lowest BCUT2D eigenvalue weighted by Gasteiger charge is -2.40. The Kier molecular flexibility index (Phi) is 4.95. The zero-order chi connectivity index (χ0) is 15.6. The summed E-state index contributed by atoms with van der Waals surface area (Å²) in [4.78, 5) is 26.1. The normalized spacial score (nSPS) is 32.1. The average molecular weight is 295 g/mol. The molecule has 1 unspecified atom stereocenters. The minimum absolute atomic E-state index is 0.0940. The van der Waals surface area contributed by atoms with Crippen molar-refractivity contribution in [1.29, 1.82) is 0 Å².